The lowest BCUT2D eigenvalue weighted by Gasteiger charge is -2.34. The molecule has 4 aromatic rings. The summed E-state index contributed by atoms with van der Waals surface area (Å²) in [5.41, 5.74) is 4.51. The highest BCUT2D eigenvalue weighted by Gasteiger charge is 2.30. The molecule has 5 rings (SSSR count). The van der Waals surface area contributed by atoms with Gasteiger partial charge in [0.2, 0.25) is 0 Å². The van der Waals surface area contributed by atoms with Crippen LogP contribution in [-0.4, -0.2) is 5.11 Å². The molecule has 1 heterocycles. The number of halogens is 1. The number of fused-ring (bicyclic) bond motifs is 2. The molecular formula is C25H20ClNO. The van der Waals surface area contributed by atoms with Gasteiger partial charge in [-0.15, -0.1) is 0 Å². The summed E-state index contributed by atoms with van der Waals surface area (Å²) in [6.07, 6.45) is 0.866. The van der Waals surface area contributed by atoms with Crippen LogP contribution >= 0.6 is 11.6 Å². The number of aromatic hydroxyl groups is 1. The number of phenols is 1. The summed E-state index contributed by atoms with van der Waals surface area (Å²) in [4.78, 5) is 0. The van der Waals surface area contributed by atoms with E-state index in [1.54, 1.807) is 0 Å². The third kappa shape index (κ3) is 2.90. The molecule has 1 aliphatic heterocycles. The summed E-state index contributed by atoms with van der Waals surface area (Å²) in [5, 5.41) is 17.4. The van der Waals surface area contributed by atoms with Crippen LogP contribution in [0.5, 0.6) is 5.75 Å². The van der Waals surface area contributed by atoms with Crippen molar-refractivity contribution in [2.24, 2.45) is 0 Å². The first kappa shape index (κ1) is 17.2. The predicted octanol–water partition coefficient (Wildman–Crippen LogP) is 6.89. The molecule has 0 radical (unpaired) electrons. The number of hydrogen-bond donors (Lipinski definition) is 2. The lowest BCUT2D eigenvalue weighted by atomic mass is 9.79. The van der Waals surface area contributed by atoms with E-state index in [0.29, 0.717) is 5.75 Å². The van der Waals surface area contributed by atoms with Gasteiger partial charge in [-0.05, 0) is 41.1 Å². The molecule has 0 saturated heterocycles. The van der Waals surface area contributed by atoms with Crippen LogP contribution in [0.1, 0.15) is 35.1 Å². The molecule has 2 nitrogen and oxygen atoms in total. The monoisotopic (exact) mass is 385 g/mol. The molecule has 4 aromatic carbocycles. The molecule has 0 fully saturated rings. The molecule has 1 aliphatic rings. The molecule has 0 aliphatic carbocycles. The zero-order valence-electron chi connectivity index (χ0n) is 15.3. The van der Waals surface area contributed by atoms with Crippen molar-refractivity contribution >= 4 is 28.1 Å². The first-order chi connectivity index (χ1) is 13.7. The molecule has 0 unspecified atom stereocenters. The lowest BCUT2D eigenvalue weighted by Crippen LogP contribution is -2.22. The number of anilines is 1. The standard InChI is InChI=1S/C25H20ClNO/c26-18-12-9-17(10-13-18)24-15-22(20-7-3-4-8-23(20)27-24)21-14-11-16-5-1-2-6-19(16)25(21)28/h1-14,22,24,27-28H,15H2/t22-,24+/m0/s1. The van der Waals surface area contributed by atoms with Gasteiger partial charge in [-0.25, -0.2) is 0 Å². The average Bonchev–Trinajstić information content (AvgIpc) is 2.74. The Morgan fingerprint density at radius 3 is 2.39 bits per heavy atom. The normalized spacial score (nSPS) is 18.5. The van der Waals surface area contributed by atoms with Gasteiger partial charge in [0.15, 0.2) is 0 Å². The van der Waals surface area contributed by atoms with Crippen molar-refractivity contribution in [2.45, 2.75) is 18.4 Å². The van der Waals surface area contributed by atoms with E-state index in [2.05, 4.69) is 47.8 Å². The van der Waals surface area contributed by atoms with Gasteiger partial charge in [0.1, 0.15) is 5.75 Å². The average molecular weight is 386 g/mol. The summed E-state index contributed by atoms with van der Waals surface area (Å²) in [6.45, 7) is 0. The minimum absolute atomic E-state index is 0.114. The Labute approximate surface area is 169 Å². The maximum absolute atomic E-state index is 11.1. The number of phenolic OH excluding ortho intramolecular Hbond substituents is 1. The van der Waals surface area contributed by atoms with Gasteiger partial charge in [0.05, 0.1) is 6.04 Å². The van der Waals surface area contributed by atoms with E-state index >= 15 is 0 Å². The fraction of sp³-hybridized carbons (Fsp3) is 0.120. The van der Waals surface area contributed by atoms with E-state index in [0.717, 1.165) is 33.5 Å². The molecule has 0 amide bonds. The van der Waals surface area contributed by atoms with Gasteiger partial charge in [-0.3, -0.25) is 0 Å². The highest BCUT2D eigenvalue weighted by molar-refractivity contribution is 6.30. The molecule has 0 spiro atoms. The summed E-state index contributed by atoms with van der Waals surface area (Å²) in [7, 11) is 0. The zero-order chi connectivity index (χ0) is 19.1. The SMILES string of the molecule is Oc1c([C@H]2C[C@H](c3ccc(Cl)cc3)Nc3ccccc32)ccc2ccccc12. The zero-order valence-corrected chi connectivity index (χ0v) is 16.0. The van der Waals surface area contributed by atoms with Gasteiger partial charge in [0.25, 0.3) is 0 Å². The predicted molar refractivity (Wildman–Crippen MR) is 116 cm³/mol. The van der Waals surface area contributed by atoms with Crippen molar-refractivity contribution in [3.8, 4) is 5.75 Å². The van der Waals surface area contributed by atoms with E-state index < -0.39 is 0 Å². The molecule has 138 valence electrons. The Kier molecular flexibility index (Phi) is 4.22. The second-order valence-electron chi connectivity index (χ2n) is 7.35. The third-order valence-electron chi connectivity index (χ3n) is 5.72. The minimum Gasteiger partial charge on any atom is -0.507 e. The van der Waals surface area contributed by atoms with E-state index in [1.165, 1.54) is 11.1 Å². The molecule has 2 N–H and O–H groups in total. The number of hydrogen-bond acceptors (Lipinski definition) is 2. The fourth-order valence-corrected chi connectivity index (χ4v) is 4.43. The van der Waals surface area contributed by atoms with Crippen molar-refractivity contribution in [3.63, 3.8) is 0 Å². The van der Waals surface area contributed by atoms with Crippen molar-refractivity contribution in [1.82, 2.24) is 0 Å². The van der Waals surface area contributed by atoms with Crippen LogP contribution in [0.4, 0.5) is 5.69 Å². The van der Waals surface area contributed by atoms with Crippen molar-refractivity contribution in [2.75, 3.05) is 5.32 Å². The highest BCUT2D eigenvalue weighted by Crippen LogP contribution is 2.47. The lowest BCUT2D eigenvalue weighted by molar-refractivity contribution is 0.465. The second kappa shape index (κ2) is 6.88. The van der Waals surface area contributed by atoms with Crippen molar-refractivity contribution < 1.29 is 5.11 Å². The topological polar surface area (TPSA) is 32.3 Å². The first-order valence-corrected chi connectivity index (χ1v) is 9.90. The Morgan fingerprint density at radius 2 is 1.54 bits per heavy atom. The Hall–Kier alpha value is -2.97. The molecule has 0 saturated carbocycles. The smallest absolute Gasteiger partial charge is 0.127 e. The summed E-state index contributed by atoms with van der Waals surface area (Å²) in [5.74, 6) is 0.498. The summed E-state index contributed by atoms with van der Waals surface area (Å²) >= 11 is 6.08. The molecule has 0 aromatic heterocycles. The van der Waals surface area contributed by atoms with Gasteiger partial charge >= 0.3 is 0 Å². The number of para-hydroxylation sites is 1. The third-order valence-corrected chi connectivity index (χ3v) is 5.97. The Morgan fingerprint density at radius 1 is 0.786 bits per heavy atom. The van der Waals surface area contributed by atoms with Crippen LogP contribution in [0.3, 0.4) is 0 Å². The maximum Gasteiger partial charge on any atom is 0.127 e. The molecular weight excluding hydrogens is 366 g/mol. The molecule has 0 bridgehead atoms. The molecule has 2 atom stereocenters. The summed E-state index contributed by atoms with van der Waals surface area (Å²) < 4.78 is 0. The highest BCUT2D eigenvalue weighted by atomic mass is 35.5. The molecule has 3 heteroatoms. The van der Waals surface area contributed by atoms with Gasteiger partial charge in [-0.1, -0.05) is 78.3 Å². The fourth-order valence-electron chi connectivity index (χ4n) is 4.30. The van der Waals surface area contributed by atoms with Crippen molar-refractivity contribution in [1.29, 1.82) is 0 Å². The Balaban J connectivity index is 1.63. The number of benzene rings is 4. The van der Waals surface area contributed by atoms with Crippen LogP contribution in [-0.2, 0) is 0 Å². The van der Waals surface area contributed by atoms with E-state index in [9.17, 15) is 5.11 Å². The van der Waals surface area contributed by atoms with Crippen LogP contribution in [0.15, 0.2) is 84.9 Å². The minimum atomic E-state index is 0.114. The quantitative estimate of drug-likeness (QED) is 0.394. The molecule has 28 heavy (non-hydrogen) atoms. The van der Waals surface area contributed by atoms with Crippen LogP contribution in [0.2, 0.25) is 5.02 Å². The van der Waals surface area contributed by atoms with Crippen molar-refractivity contribution in [3.05, 3.63) is 107 Å². The van der Waals surface area contributed by atoms with E-state index in [1.807, 2.05) is 42.5 Å². The van der Waals surface area contributed by atoms with Crippen LogP contribution < -0.4 is 5.32 Å². The van der Waals surface area contributed by atoms with Gasteiger partial charge in [0, 0.05) is 27.6 Å². The van der Waals surface area contributed by atoms with Crippen LogP contribution in [0.25, 0.3) is 10.8 Å². The maximum atomic E-state index is 11.1. The van der Waals surface area contributed by atoms with E-state index in [4.69, 9.17) is 11.6 Å². The first-order valence-electron chi connectivity index (χ1n) is 9.52. The Bertz CT molecular complexity index is 1150. The van der Waals surface area contributed by atoms with Crippen LogP contribution in [0, 0.1) is 0 Å². The summed E-state index contributed by atoms with van der Waals surface area (Å²) in [6, 6.07) is 28.7. The van der Waals surface area contributed by atoms with E-state index in [-0.39, 0.29) is 12.0 Å². The second-order valence-corrected chi connectivity index (χ2v) is 7.78. The van der Waals surface area contributed by atoms with Gasteiger partial charge < -0.3 is 10.4 Å². The number of rotatable bonds is 2. The number of nitrogens with one attached hydrogen (secondary N) is 1. The largest absolute Gasteiger partial charge is 0.507 e. The van der Waals surface area contributed by atoms with Gasteiger partial charge in [-0.2, -0.15) is 0 Å².